The number of carbonyl (C=O) groups is 2. The summed E-state index contributed by atoms with van der Waals surface area (Å²) in [5.41, 5.74) is 0.120. The molecule has 0 radical (unpaired) electrons. The van der Waals surface area contributed by atoms with E-state index in [1.54, 1.807) is 0 Å². The Balaban J connectivity index is 2.06. The number of sulfonamides is 1. The van der Waals surface area contributed by atoms with Crippen LogP contribution >= 0.6 is 0 Å². The van der Waals surface area contributed by atoms with Gasteiger partial charge in [0.05, 0.1) is 17.4 Å². The van der Waals surface area contributed by atoms with Gasteiger partial charge in [-0.3, -0.25) is 9.59 Å². The van der Waals surface area contributed by atoms with Crippen molar-refractivity contribution < 1.29 is 27.9 Å². The van der Waals surface area contributed by atoms with Gasteiger partial charge in [-0.15, -0.1) is 6.42 Å². The number of rotatable bonds is 8. The number of benzene rings is 1. The zero-order valence-corrected chi connectivity index (χ0v) is 15.5. The van der Waals surface area contributed by atoms with E-state index in [2.05, 4.69) is 16.0 Å². The minimum absolute atomic E-state index is 0.0366. The van der Waals surface area contributed by atoms with E-state index in [0.717, 1.165) is 0 Å². The summed E-state index contributed by atoms with van der Waals surface area (Å²) in [5, 5.41) is 12.0. The lowest BCUT2D eigenvalue weighted by molar-refractivity contribution is -0.144. The van der Waals surface area contributed by atoms with Crippen LogP contribution in [-0.4, -0.2) is 51.7 Å². The molecule has 1 aromatic carbocycles. The van der Waals surface area contributed by atoms with Crippen LogP contribution in [0.2, 0.25) is 0 Å². The van der Waals surface area contributed by atoms with Crippen LogP contribution in [0.25, 0.3) is 0 Å². The fraction of sp³-hybridized carbons (Fsp3) is 0.444. The standard InChI is InChI=1S/C18H22N2O6S/c1-2-8-20-27(24,25)15-5-3-4-14(11-15)17(21)19-12-16(18(22)23)13-6-9-26-10-7-13/h1,3-5,11,13,16,20H,6-10,12H2,(H,19,21)(H,22,23). The highest BCUT2D eigenvalue weighted by molar-refractivity contribution is 7.89. The molecule has 8 nitrogen and oxygen atoms in total. The van der Waals surface area contributed by atoms with Crippen molar-refractivity contribution in [3.05, 3.63) is 29.8 Å². The molecule has 1 amide bonds. The lowest BCUT2D eigenvalue weighted by atomic mass is 9.86. The Hall–Kier alpha value is -2.41. The Kier molecular flexibility index (Phi) is 7.36. The van der Waals surface area contributed by atoms with Crippen molar-refractivity contribution in [3.63, 3.8) is 0 Å². The van der Waals surface area contributed by atoms with E-state index in [-0.39, 0.29) is 29.5 Å². The number of terminal acetylenes is 1. The second kappa shape index (κ2) is 9.50. The van der Waals surface area contributed by atoms with Crippen LogP contribution in [0.15, 0.2) is 29.2 Å². The molecular weight excluding hydrogens is 372 g/mol. The summed E-state index contributed by atoms with van der Waals surface area (Å²) in [6, 6.07) is 5.46. The summed E-state index contributed by atoms with van der Waals surface area (Å²) >= 11 is 0. The molecule has 1 aromatic rings. The van der Waals surface area contributed by atoms with Gasteiger partial charge in [0.25, 0.3) is 5.91 Å². The number of aliphatic carboxylic acids is 1. The fourth-order valence-corrected chi connectivity index (χ4v) is 3.88. The number of ether oxygens (including phenoxy) is 1. The number of hydrogen-bond donors (Lipinski definition) is 3. The van der Waals surface area contributed by atoms with Crippen molar-refractivity contribution in [1.29, 1.82) is 0 Å². The highest BCUT2D eigenvalue weighted by atomic mass is 32.2. The number of nitrogens with one attached hydrogen (secondary N) is 2. The SMILES string of the molecule is C#CCNS(=O)(=O)c1cccc(C(=O)NCC(C(=O)O)C2CCOCC2)c1. The zero-order chi connectivity index (χ0) is 19.9. The van der Waals surface area contributed by atoms with Crippen LogP contribution in [0, 0.1) is 24.2 Å². The van der Waals surface area contributed by atoms with Crippen molar-refractivity contribution in [2.24, 2.45) is 11.8 Å². The van der Waals surface area contributed by atoms with E-state index in [0.29, 0.717) is 26.1 Å². The number of amides is 1. The summed E-state index contributed by atoms with van der Waals surface area (Å²) in [5.74, 6) is -0.136. The Bertz CT molecular complexity index is 824. The summed E-state index contributed by atoms with van der Waals surface area (Å²) in [7, 11) is -3.82. The van der Waals surface area contributed by atoms with Crippen LogP contribution in [0.4, 0.5) is 0 Å². The molecule has 1 heterocycles. The summed E-state index contributed by atoms with van der Waals surface area (Å²) in [4.78, 5) is 23.8. The molecule has 1 aliphatic rings. The maximum absolute atomic E-state index is 12.4. The van der Waals surface area contributed by atoms with Crippen LogP contribution in [-0.2, 0) is 19.6 Å². The first-order valence-corrected chi connectivity index (χ1v) is 9.95. The fourth-order valence-electron chi connectivity index (χ4n) is 2.90. The third-order valence-electron chi connectivity index (χ3n) is 4.41. The molecule has 0 bridgehead atoms. The molecule has 0 saturated carbocycles. The lowest BCUT2D eigenvalue weighted by Gasteiger charge is -2.27. The number of carboxylic acid groups (broad SMARTS) is 1. The van der Waals surface area contributed by atoms with Crippen molar-refractivity contribution >= 4 is 21.9 Å². The molecule has 1 aliphatic heterocycles. The normalized spacial score (nSPS) is 16.3. The van der Waals surface area contributed by atoms with Gasteiger partial charge in [-0.2, -0.15) is 4.72 Å². The highest BCUT2D eigenvalue weighted by Crippen LogP contribution is 2.24. The summed E-state index contributed by atoms with van der Waals surface area (Å²) < 4.78 is 31.7. The minimum atomic E-state index is -3.82. The first kappa shape index (κ1) is 20.9. The van der Waals surface area contributed by atoms with Crippen molar-refractivity contribution in [2.75, 3.05) is 26.3 Å². The zero-order valence-electron chi connectivity index (χ0n) is 14.7. The Morgan fingerprint density at radius 1 is 1.33 bits per heavy atom. The summed E-state index contributed by atoms with van der Waals surface area (Å²) in [6.07, 6.45) is 6.30. The van der Waals surface area contributed by atoms with E-state index in [1.165, 1.54) is 24.3 Å². The number of hydrogen-bond acceptors (Lipinski definition) is 5. The van der Waals surface area contributed by atoms with Crippen LogP contribution in [0.3, 0.4) is 0 Å². The Labute approximate surface area is 158 Å². The lowest BCUT2D eigenvalue weighted by Crippen LogP contribution is -2.39. The molecule has 146 valence electrons. The van der Waals surface area contributed by atoms with Crippen LogP contribution in [0.1, 0.15) is 23.2 Å². The van der Waals surface area contributed by atoms with Gasteiger partial charge in [-0.25, -0.2) is 8.42 Å². The van der Waals surface area contributed by atoms with E-state index < -0.39 is 27.8 Å². The first-order valence-electron chi connectivity index (χ1n) is 8.47. The van der Waals surface area contributed by atoms with Gasteiger partial charge in [0, 0.05) is 25.3 Å². The largest absolute Gasteiger partial charge is 0.481 e. The van der Waals surface area contributed by atoms with Crippen molar-refractivity contribution in [3.8, 4) is 12.3 Å². The molecule has 2 rings (SSSR count). The van der Waals surface area contributed by atoms with Gasteiger partial charge >= 0.3 is 5.97 Å². The van der Waals surface area contributed by atoms with Gasteiger partial charge in [0.1, 0.15) is 0 Å². The summed E-state index contributed by atoms with van der Waals surface area (Å²) in [6.45, 7) is 0.815. The molecule has 3 N–H and O–H groups in total. The van der Waals surface area contributed by atoms with Gasteiger partial charge < -0.3 is 15.2 Å². The smallest absolute Gasteiger partial charge is 0.308 e. The second-order valence-corrected chi connectivity index (χ2v) is 7.93. The van der Waals surface area contributed by atoms with E-state index >= 15 is 0 Å². The molecule has 1 fully saturated rings. The topological polar surface area (TPSA) is 122 Å². The van der Waals surface area contributed by atoms with Gasteiger partial charge in [0.15, 0.2) is 0 Å². The molecule has 1 atom stereocenters. The van der Waals surface area contributed by atoms with Crippen LogP contribution in [0.5, 0.6) is 0 Å². The first-order chi connectivity index (χ1) is 12.8. The predicted octanol–water partition coefficient (Wildman–Crippen LogP) is 0.455. The van der Waals surface area contributed by atoms with Crippen LogP contribution < -0.4 is 10.0 Å². The Morgan fingerprint density at radius 2 is 2.04 bits per heavy atom. The maximum Gasteiger partial charge on any atom is 0.308 e. The van der Waals surface area contributed by atoms with Crippen molar-refractivity contribution in [1.82, 2.24) is 10.0 Å². The van der Waals surface area contributed by atoms with Gasteiger partial charge in [-0.1, -0.05) is 12.0 Å². The molecule has 0 aliphatic carbocycles. The average molecular weight is 394 g/mol. The number of carboxylic acids is 1. The average Bonchev–Trinajstić information content (AvgIpc) is 2.67. The van der Waals surface area contributed by atoms with E-state index in [4.69, 9.17) is 11.2 Å². The third-order valence-corrected chi connectivity index (χ3v) is 5.80. The van der Waals surface area contributed by atoms with Gasteiger partial charge in [-0.05, 0) is 37.0 Å². The molecule has 9 heteroatoms. The predicted molar refractivity (Wildman–Crippen MR) is 97.5 cm³/mol. The minimum Gasteiger partial charge on any atom is -0.481 e. The molecular formula is C18H22N2O6S. The number of carbonyl (C=O) groups excluding carboxylic acids is 1. The van der Waals surface area contributed by atoms with E-state index in [1.807, 2.05) is 0 Å². The highest BCUT2D eigenvalue weighted by Gasteiger charge is 2.30. The molecule has 0 spiro atoms. The quantitative estimate of drug-likeness (QED) is 0.551. The molecule has 27 heavy (non-hydrogen) atoms. The van der Waals surface area contributed by atoms with Crippen molar-refractivity contribution in [2.45, 2.75) is 17.7 Å². The monoisotopic (exact) mass is 394 g/mol. The Morgan fingerprint density at radius 3 is 2.67 bits per heavy atom. The molecule has 1 unspecified atom stereocenters. The molecule has 1 saturated heterocycles. The second-order valence-electron chi connectivity index (χ2n) is 6.16. The van der Waals surface area contributed by atoms with E-state index in [9.17, 15) is 23.1 Å². The third kappa shape index (κ3) is 5.79. The van der Waals surface area contributed by atoms with Gasteiger partial charge in [0.2, 0.25) is 10.0 Å². The maximum atomic E-state index is 12.4. The molecule has 0 aromatic heterocycles.